The fourth-order valence-corrected chi connectivity index (χ4v) is 3.64. The lowest BCUT2D eigenvalue weighted by Crippen LogP contribution is -2.53. The molecule has 27 heavy (non-hydrogen) atoms. The molecule has 0 saturated carbocycles. The molecule has 2 heterocycles. The Balaban J connectivity index is 1.89. The summed E-state index contributed by atoms with van der Waals surface area (Å²) in [6.07, 6.45) is 1.23. The summed E-state index contributed by atoms with van der Waals surface area (Å²) in [5, 5.41) is 4.64. The number of piperazine rings is 1. The molecule has 0 N–H and O–H groups in total. The van der Waals surface area contributed by atoms with Gasteiger partial charge in [0, 0.05) is 50.3 Å². The Morgan fingerprint density at radius 2 is 1.59 bits per heavy atom. The molecule has 0 atom stereocenters. The maximum atomic E-state index is 12.6. The summed E-state index contributed by atoms with van der Waals surface area (Å²) in [6.45, 7) is 17.7. The highest BCUT2D eigenvalue weighted by molar-refractivity contribution is 5.82. The molecule has 0 aliphatic carbocycles. The molecule has 0 spiro atoms. The van der Waals surface area contributed by atoms with Crippen LogP contribution in [0.1, 0.15) is 58.0 Å². The summed E-state index contributed by atoms with van der Waals surface area (Å²) < 4.78 is 2.07. The Morgan fingerprint density at radius 1 is 1.04 bits per heavy atom. The van der Waals surface area contributed by atoms with Crippen molar-refractivity contribution in [1.82, 2.24) is 19.6 Å². The van der Waals surface area contributed by atoms with Gasteiger partial charge in [0.25, 0.3) is 0 Å². The number of aryl methyl sites for hydroxylation is 1. The van der Waals surface area contributed by atoms with Crippen molar-refractivity contribution in [2.75, 3.05) is 26.2 Å². The van der Waals surface area contributed by atoms with Gasteiger partial charge in [0.1, 0.15) is 0 Å². The minimum absolute atomic E-state index is 0.165. The molecule has 1 aliphatic rings. The third-order valence-electron chi connectivity index (χ3n) is 5.22. The van der Waals surface area contributed by atoms with Crippen LogP contribution in [0.2, 0.25) is 0 Å². The van der Waals surface area contributed by atoms with Gasteiger partial charge in [-0.2, -0.15) is 5.10 Å². The molecule has 0 radical (unpaired) electrons. The highest BCUT2D eigenvalue weighted by atomic mass is 16.2. The second-order valence-corrected chi connectivity index (χ2v) is 9.15. The molecule has 0 unspecified atom stereocenters. The summed E-state index contributed by atoms with van der Waals surface area (Å²) in [7, 11) is 0. The predicted molar refractivity (Wildman–Crippen MR) is 107 cm³/mol. The number of aromatic nitrogens is 2. The second-order valence-electron chi connectivity index (χ2n) is 9.15. The van der Waals surface area contributed by atoms with Crippen LogP contribution in [0, 0.1) is 25.2 Å². The van der Waals surface area contributed by atoms with Crippen molar-refractivity contribution in [3.05, 3.63) is 17.0 Å². The zero-order chi connectivity index (χ0) is 20.4. The van der Waals surface area contributed by atoms with Crippen LogP contribution in [-0.2, 0) is 22.6 Å². The first-order valence-electron chi connectivity index (χ1n) is 10.1. The van der Waals surface area contributed by atoms with E-state index in [1.54, 1.807) is 0 Å². The Bertz CT molecular complexity index is 677. The van der Waals surface area contributed by atoms with Crippen LogP contribution >= 0.6 is 0 Å². The quantitative estimate of drug-likeness (QED) is 0.794. The van der Waals surface area contributed by atoms with E-state index in [9.17, 15) is 9.59 Å². The highest BCUT2D eigenvalue weighted by Crippen LogP contribution is 2.20. The number of hydrogen-bond acceptors (Lipinski definition) is 3. The first kappa shape index (κ1) is 21.5. The van der Waals surface area contributed by atoms with Crippen molar-refractivity contribution in [3.8, 4) is 0 Å². The van der Waals surface area contributed by atoms with E-state index in [2.05, 4.69) is 30.6 Å². The van der Waals surface area contributed by atoms with Crippen LogP contribution < -0.4 is 0 Å². The average Bonchev–Trinajstić information content (AvgIpc) is 2.84. The maximum absolute atomic E-state index is 12.6. The number of hydrogen-bond donors (Lipinski definition) is 0. The molecule has 1 aliphatic heterocycles. The predicted octanol–water partition coefficient (Wildman–Crippen LogP) is 2.81. The van der Waals surface area contributed by atoms with Crippen LogP contribution in [-0.4, -0.2) is 57.6 Å². The Hall–Kier alpha value is -1.85. The van der Waals surface area contributed by atoms with Gasteiger partial charge in [0.05, 0.1) is 5.69 Å². The fraction of sp³-hybridized carbons (Fsp3) is 0.762. The van der Waals surface area contributed by atoms with Crippen molar-refractivity contribution >= 4 is 11.8 Å². The van der Waals surface area contributed by atoms with Gasteiger partial charge >= 0.3 is 0 Å². The normalized spacial score (nSPS) is 15.6. The lowest BCUT2D eigenvalue weighted by molar-refractivity contribution is -0.144. The smallest absolute Gasteiger partial charge is 0.228 e. The first-order valence-corrected chi connectivity index (χ1v) is 10.1. The molecule has 6 heteroatoms. The molecule has 1 aromatic rings. The van der Waals surface area contributed by atoms with Crippen molar-refractivity contribution in [2.45, 2.75) is 67.9 Å². The van der Waals surface area contributed by atoms with Crippen molar-refractivity contribution in [1.29, 1.82) is 0 Å². The van der Waals surface area contributed by atoms with Gasteiger partial charge in [0.2, 0.25) is 11.8 Å². The van der Waals surface area contributed by atoms with Crippen LogP contribution in [0.4, 0.5) is 0 Å². The third-order valence-corrected chi connectivity index (χ3v) is 5.22. The molecule has 1 aromatic heterocycles. The van der Waals surface area contributed by atoms with Gasteiger partial charge in [-0.15, -0.1) is 0 Å². The zero-order valence-electron chi connectivity index (χ0n) is 18.1. The topological polar surface area (TPSA) is 58.4 Å². The van der Waals surface area contributed by atoms with E-state index >= 15 is 0 Å². The van der Waals surface area contributed by atoms with Crippen molar-refractivity contribution in [2.24, 2.45) is 11.3 Å². The number of rotatable bonds is 5. The Morgan fingerprint density at radius 3 is 2.11 bits per heavy atom. The molecule has 0 aromatic carbocycles. The lowest BCUT2D eigenvalue weighted by atomic mass is 9.94. The number of nitrogens with zero attached hydrogens (tertiary/aromatic N) is 4. The van der Waals surface area contributed by atoms with Crippen LogP contribution in [0.15, 0.2) is 0 Å². The molecule has 1 saturated heterocycles. The lowest BCUT2D eigenvalue weighted by Gasteiger charge is -2.37. The second kappa shape index (κ2) is 8.44. The molecule has 152 valence electrons. The Labute approximate surface area is 163 Å². The van der Waals surface area contributed by atoms with E-state index in [1.807, 2.05) is 37.5 Å². The summed E-state index contributed by atoms with van der Waals surface area (Å²) in [5.41, 5.74) is 3.04. The Kier molecular flexibility index (Phi) is 6.71. The van der Waals surface area contributed by atoms with Gasteiger partial charge in [-0.05, 0) is 31.7 Å². The van der Waals surface area contributed by atoms with Gasteiger partial charge in [-0.1, -0.05) is 34.6 Å². The van der Waals surface area contributed by atoms with Crippen molar-refractivity contribution < 1.29 is 9.59 Å². The molecule has 6 nitrogen and oxygen atoms in total. The maximum Gasteiger partial charge on any atom is 0.228 e. The largest absolute Gasteiger partial charge is 0.339 e. The number of carbonyl (C=O) groups is 2. The van der Waals surface area contributed by atoms with E-state index in [4.69, 9.17) is 0 Å². The first-order chi connectivity index (χ1) is 12.5. The molecular formula is C21H36N4O2. The van der Waals surface area contributed by atoms with E-state index in [0.717, 1.165) is 18.7 Å². The zero-order valence-corrected chi connectivity index (χ0v) is 18.1. The van der Waals surface area contributed by atoms with E-state index in [1.165, 1.54) is 11.3 Å². The number of amides is 2. The molecule has 2 rings (SSSR count). The minimum atomic E-state index is -0.364. The van der Waals surface area contributed by atoms with E-state index < -0.39 is 0 Å². The summed E-state index contributed by atoms with van der Waals surface area (Å²) in [5.74, 6) is 0.885. The van der Waals surface area contributed by atoms with E-state index in [0.29, 0.717) is 38.5 Å². The van der Waals surface area contributed by atoms with Crippen LogP contribution in [0.5, 0.6) is 0 Å². The van der Waals surface area contributed by atoms with E-state index in [-0.39, 0.29) is 17.2 Å². The highest BCUT2D eigenvalue weighted by Gasteiger charge is 2.30. The molecule has 1 fully saturated rings. The minimum Gasteiger partial charge on any atom is -0.339 e. The van der Waals surface area contributed by atoms with Crippen LogP contribution in [0.3, 0.4) is 0 Å². The standard InChI is InChI=1S/C21H36N4O2/c1-15(2)14-25-17(4)18(16(3)22-25)8-9-19(26)23-10-12-24(13-11-23)20(27)21(5,6)7/h15H,8-14H2,1-7H3. The SMILES string of the molecule is Cc1nn(CC(C)C)c(C)c1CCC(=O)N1CCN(C(=O)C(C)(C)C)CC1. The van der Waals surface area contributed by atoms with Crippen molar-refractivity contribution in [3.63, 3.8) is 0 Å². The monoisotopic (exact) mass is 376 g/mol. The van der Waals surface area contributed by atoms with Gasteiger partial charge in [-0.3, -0.25) is 14.3 Å². The molecule has 2 amide bonds. The summed E-state index contributed by atoms with van der Waals surface area (Å²) >= 11 is 0. The van der Waals surface area contributed by atoms with Gasteiger partial charge in [0.15, 0.2) is 0 Å². The average molecular weight is 377 g/mol. The molecule has 0 bridgehead atoms. The van der Waals surface area contributed by atoms with Crippen LogP contribution in [0.25, 0.3) is 0 Å². The van der Waals surface area contributed by atoms with Gasteiger partial charge < -0.3 is 9.80 Å². The summed E-state index contributed by atoms with van der Waals surface area (Å²) in [4.78, 5) is 28.8. The van der Waals surface area contributed by atoms with Gasteiger partial charge in [-0.25, -0.2) is 0 Å². The molecular weight excluding hydrogens is 340 g/mol. The fourth-order valence-electron chi connectivity index (χ4n) is 3.64. The summed E-state index contributed by atoms with van der Waals surface area (Å²) in [6, 6.07) is 0. The number of carbonyl (C=O) groups excluding carboxylic acids is 2. The third kappa shape index (κ3) is 5.33.